The highest BCUT2D eigenvalue weighted by atomic mass is 32.2. The summed E-state index contributed by atoms with van der Waals surface area (Å²) in [5, 5.41) is 0. The summed E-state index contributed by atoms with van der Waals surface area (Å²) in [5.41, 5.74) is 0.631. The van der Waals surface area contributed by atoms with Crippen LogP contribution in [0.5, 0.6) is 0 Å². The Bertz CT molecular complexity index is 532. The van der Waals surface area contributed by atoms with Gasteiger partial charge in [0.05, 0.1) is 17.8 Å². The van der Waals surface area contributed by atoms with Crippen LogP contribution >= 0.6 is 0 Å². The lowest BCUT2D eigenvalue weighted by molar-refractivity contribution is 0.586. The van der Waals surface area contributed by atoms with E-state index in [0.29, 0.717) is 13.0 Å². The summed E-state index contributed by atoms with van der Waals surface area (Å²) in [4.78, 5) is 15.8. The first-order valence-corrected chi connectivity index (χ1v) is 7.60. The Kier molecular flexibility index (Phi) is 4.45. The summed E-state index contributed by atoms with van der Waals surface area (Å²) in [7, 11) is -2.96. The van der Waals surface area contributed by atoms with E-state index in [4.69, 9.17) is 0 Å². The second-order valence-electron chi connectivity index (χ2n) is 4.48. The average molecular weight is 258 g/mol. The molecule has 96 valence electrons. The van der Waals surface area contributed by atoms with Crippen molar-refractivity contribution in [1.29, 1.82) is 0 Å². The van der Waals surface area contributed by atoms with Crippen LogP contribution in [0, 0.1) is 0 Å². The third-order valence-electron chi connectivity index (χ3n) is 2.41. The largest absolute Gasteiger partial charge is 0.299 e. The average Bonchev–Trinajstić information content (AvgIpc) is 2.18. The zero-order valence-corrected chi connectivity index (χ0v) is 11.2. The van der Waals surface area contributed by atoms with E-state index in [0.717, 1.165) is 5.69 Å². The molecule has 0 unspecified atom stereocenters. The molecule has 0 radical (unpaired) electrons. The summed E-state index contributed by atoms with van der Waals surface area (Å²) in [5.74, 6) is 0.305. The fourth-order valence-corrected chi connectivity index (χ4v) is 2.07. The molecule has 0 bridgehead atoms. The van der Waals surface area contributed by atoms with Gasteiger partial charge in [0.2, 0.25) is 0 Å². The predicted octanol–water partition coefficient (Wildman–Crippen LogP) is 0.801. The summed E-state index contributed by atoms with van der Waals surface area (Å²) in [6, 6.07) is 1.51. The maximum absolute atomic E-state index is 11.7. The van der Waals surface area contributed by atoms with Crippen molar-refractivity contribution in [2.75, 3.05) is 12.0 Å². The Morgan fingerprint density at radius 3 is 2.53 bits per heavy atom. The Labute approximate surface area is 101 Å². The van der Waals surface area contributed by atoms with Gasteiger partial charge in [-0.05, 0) is 12.3 Å². The molecule has 0 saturated carbocycles. The van der Waals surface area contributed by atoms with Gasteiger partial charge in [0.1, 0.15) is 9.84 Å². The third kappa shape index (κ3) is 4.68. The van der Waals surface area contributed by atoms with E-state index in [-0.39, 0.29) is 17.2 Å². The smallest absolute Gasteiger partial charge is 0.253 e. The normalized spacial score (nSPS) is 12.0. The first-order chi connectivity index (χ1) is 7.79. The van der Waals surface area contributed by atoms with Crippen LogP contribution < -0.4 is 5.56 Å². The van der Waals surface area contributed by atoms with Gasteiger partial charge in [-0.3, -0.25) is 9.36 Å². The van der Waals surface area contributed by atoms with Crippen LogP contribution in [0.4, 0.5) is 0 Å². The molecule has 0 amide bonds. The minimum absolute atomic E-state index is 0.0887. The van der Waals surface area contributed by atoms with Gasteiger partial charge in [0.25, 0.3) is 5.56 Å². The number of aryl methyl sites for hydroxylation is 1. The molecular weight excluding hydrogens is 240 g/mol. The lowest BCUT2D eigenvalue weighted by Gasteiger charge is -2.07. The maximum Gasteiger partial charge on any atom is 0.253 e. The van der Waals surface area contributed by atoms with Crippen LogP contribution in [0.1, 0.15) is 31.9 Å². The van der Waals surface area contributed by atoms with E-state index < -0.39 is 9.84 Å². The first kappa shape index (κ1) is 13.9. The Morgan fingerprint density at radius 1 is 1.41 bits per heavy atom. The molecule has 1 aromatic heterocycles. The molecule has 1 rings (SSSR count). The van der Waals surface area contributed by atoms with E-state index in [9.17, 15) is 13.2 Å². The van der Waals surface area contributed by atoms with Gasteiger partial charge in [-0.2, -0.15) is 0 Å². The van der Waals surface area contributed by atoms with Gasteiger partial charge in [-0.25, -0.2) is 13.4 Å². The van der Waals surface area contributed by atoms with Crippen LogP contribution in [0.25, 0.3) is 0 Å². The Hall–Kier alpha value is -1.17. The lowest BCUT2D eigenvalue weighted by atomic mass is 10.1. The molecule has 0 aliphatic carbocycles. The number of aromatic nitrogens is 2. The maximum atomic E-state index is 11.7. The molecule has 0 fully saturated rings. The van der Waals surface area contributed by atoms with Crippen molar-refractivity contribution < 1.29 is 8.42 Å². The number of nitrogens with zero attached hydrogens (tertiary/aromatic N) is 2. The zero-order chi connectivity index (χ0) is 13.1. The minimum atomic E-state index is -2.96. The molecule has 17 heavy (non-hydrogen) atoms. The molecule has 0 spiro atoms. The van der Waals surface area contributed by atoms with Crippen molar-refractivity contribution in [3.8, 4) is 0 Å². The van der Waals surface area contributed by atoms with E-state index in [2.05, 4.69) is 4.98 Å². The van der Waals surface area contributed by atoms with Gasteiger partial charge in [-0.1, -0.05) is 13.8 Å². The Morgan fingerprint density at radius 2 is 2.06 bits per heavy atom. The fraction of sp³-hybridized carbons (Fsp3) is 0.636. The second-order valence-corrected chi connectivity index (χ2v) is 6.74. The monoisotopic (exact) mass is 258 g/mol. The highest BCUT2D eigenvalue weighted by Crippen LogP contribution is 2.07. The highest BCUT2D eigenvalue weighted by molar-refractivity contribution is 7.90. The SMILES string of the molecule is CC(C)c1cc(=O)n(CCCS(C)(=O)=O)cn1. The van der Waals surface area contributed by atoms with Crippen LogP contribution in [0.2, 0.25) is 0 Å². The van der Waals surface area contributed by atoms with E-state index in [1.165, 1.54) is 23.2 Å². The van der Waals surface area contributed by atoms with Crippen molar-refractivity contribution in [3.63, 3.8) is 0 Å². The summed E-state index contributed by atoms with van der Waals surface area (Å²) in [6.45, 7) is 4.32. The molecule has 5 nitrogen and oxygen atoms in total. The first-order valence-electron chi connectivity index (χ1n) is 5.53. The van der Waals surface area contributed by atoms with Gasteiger partial charge < -0.3 is 0 Å². The molecule has 6 heteroatoms. The molecule has 1 heterocycles. The molecular formula is C11H18N2O3S. The Balaban J connectivity index is 2.71. The molecule has 0 N–H and O–H groups in total. The molecule has 0 saturated heterocycles. The van der Waals surface area contributed by atoms with Crippen LogP contribution in [-0.2, 0) is 16.4 Å². The molecule has 0 atom stereocenters. The fourth-order valence-electron chi connectivity index (χ4n) is 1.42. The van der Waals surface area contributed by atoms with E-state index >= 15 is 0 Å². The van der Waals surface area contributed by atoms with Crippen LogP contribution in [-0.4, -0.2) is 30.0 Å². The number of hydrogen-bond acceptors (Lipinski definition) is 4. The van der Waals surface area contributed by atoms with Crippen LogP contribution in [0.3, 0.4) is 0 Å². The van der Waals surface area contributed by atoms with Crippen molar-refractivity contribution in [1.82, 2.24) is 9.55 Å². The quantitative estimate of drug-likeness (QED) is 0.783. The van der Waals surface area contributed by atoms with Crippen LogP contribution in [0.15, 0.2) is 17.2 Å². The molecule has 0 aliphatic heterocycles. The third-order valence-corrected chi connectivity index (χ3v) is 3.44. The predicted molar refractivity (Wildman–Crippen MR) is 66.9 cm³/mol. The minimum Gasteiger partial charge on any atom is -0.299 e. The highest BCUT2D eigenvalue weighted by Gasteiger charge is 2.05. The standard InChI is InChI=1S/C11H18N2O3S/c1-9(2)10-7-11(14)13(8-12-10)5-4-6-17(3,15)16/h7-9H,4-6H2,1-3H3. The summed E-state index contributed by atoms with van der Waals surface area (Å²) < 4.78 is 23.3. The number of hydrogen-bond donors (Lipinski definition) is 0. The summed E-state index contributed by atoms with van der Waals surface area (Å²) >= 11 is 0. The number of rotatable bonds is 5. The van der Waals surface area contributed by atoms with E-state index in [1.807, 2.05) is 13.8 Å². The van der Waals surface area contributed by atoms with Gasteiger partial charge in [-0.15, -0.1) is 0 Å². The topological polar surface area (TPSA) is 69.0 Å². The van der Waals surface area contributed by atoms with Crippen molar-refractivity contribution in [2.24, 2.45) is 0 Å². The van der Waals surface area contributed by atoms with Gasteiger partial charge in [0.15, 0.2) is 0 Å². The zero-order valence-electron chi connectivity index (χ0n) is 10.4. The lowest BCUT2D eigenvalue weighted by Crippen LogP contribution is -2.22. The second kappa shape index (κ2) is 5.44. The van der Waals surface area contributed by atoms with Gasteiger partial charge >= 0.3 is 0 Å². The van der Waals surface area contributed by atoms with Crippen molar-refractivity contribution in [2.45, 2.75) is 32.7 Å². The number of sulfone groups is 1. The molecule has 1 aromatic rings. The van der Waals surface area contributed by atoms with Crippen molar-refractivity contribution >= 4 is 9.84 Å². The molecule has 0 aromatic carbocycles. The van der Waals surface area contributed by atoms with Crippen molar-refractivity contribution in [3.05, 3.63) is 28.4 Å². The molecule has 0 aliphatic rings. The van der Waals surface area contributed by atoms with Gasteiger partial charge in [0, 0.05) is 18.9 Å². The summed E-state index contributed by atoms with van der Waals surface area (Å²) in [6.07, 6.45) is 3.11. The van der Waals surface area contributed by atoms with E-state index in [1.54, 1.807) is 0 Å².